The summed E-state index contributed by atoms with van der Waals surface area (Å²) in [4.78, 5) is 0. The quantitative estimate of drug-likeness (QED) is 0.639. The van der Waals surface area contributed by atoms with Gasteiger partial charge in [0.2, 0.25) is 0 Å². The molecule has 2 N–H and O–H groups in total. The SMILES string of the molecule is CCC(/C=C(/C)N)CC=C(C)C. The van der Waals surface area contributed by atoms with Gasteiger partial charge >= 0.3 is 0 Å². The zero-order valence-corrected chi connectivity index (χ0v) is 8.72. The van der Waals surface area contributed by atoms with Gasteiger partial charge < -0.3 is 5.73 Å². The van der Waals surface area contributed by atoms with Crippen molar-refractivity contribution >= 4 is 0 Å². The lowest BCUT2D eigenvalue weighted by Gasteiger charge is -2.07. The van der Waals surface area contributed by atoms with Gasteiger partial charge in [0.05, 0.1) is 0 Å². The zero-order chi connectivity index (χ0) is 9.56. The van der Waals surface area contributed by atoms with Crippen molar-refractivity contribution in [2.75, 3.05) is 0 Å². The van der Waals surface area contributed by atoms with E-state index in [1.54, 1.807) is 0 Å². The fourth-order valence-electron chi connectivity index (χ4n) is 1.11. The first-order chi connectivity index (χ1) is 5.56. The highest BCUT2D eigenvalue weighted by atomic mass is 14.5. The summed E-state index contributed by atoms with van der Waals surface area (Å²) < 4.78 is 0. The van der Waals surface area contributed by atoms with Gasteiger partial charge in [0.25, 0.3) is 0 Å². The number of rotatable bonds is 4. The largest absolute Gasteiger partial charge is 0.403 e. The standard InChI is InChI=1S/C11H21N/c1-5-11(8-10(4)12)7-6-9(2)3/h6,8,11H,5,7,12H2,1-4H3/b10-8-. The summed E-state index contributed by atoms with van der Waals surface area (Å²) >= 11 is 0. The maximum Gasteiger partial charge on any atom is 0.00113 e. The van der Waals surface area contributed by atoms with Crippen LogP contribution in [0.15, 0.2) is 23.4 Å². The normalized spacial score (nSPS) is 14.2. The number of hydrogen-bond donors (Lipinski definition) is 1. The van der Waals surface area contributed by atoms with Gasteiger partial charge in [0.1, 0.15) is 0 Å². The first kappa shape index (κ1) is 11.3. The second-order valence-electron chi connectivity index (χ2n) is 3.60. The van der Waals surface area contributed by atoms with Crippen LogP contribution in [0.1, 0.15) is 40.5 Å². The molecule has 0 aliphatic carbocycles. The van der Waals surface area contributed by atoms with E-state index in [0.29, 0.717) is 5.92 Å². The molecule has 12 heavy (non-hydrogen) atoms. The van der Waals surface area contributed by atoms with E-state index in [1.165, 1.54) is 12.0 Å². The summed E-state index contributed by atoms with van der Waals surface area (Å²) in [6, 6.07) is 0. The van der Waals surface area contributed by atoms with Crippen LogP contribution in [-0.4, -0.2) is 0 Å². The predicted octanol–water partition coefficient (Wildman–Crippen LogP) is 3.23. The summed E-state index contributed by atoms with van der Waals surface area (Å²) in [5.41, 5.74) is 7.94. The molecule has 0 aliphatic rings. The van der Waals surface area contributed by atoms with E-state index < -0.39 is 0 Å². The summed E-state index contributed by atoms with van der Waals surface area (Å²) in [5, 5.41) is 0. The van der Waals surface area contributed by atoms with Gasteiger partial charge in [-0.1, -0.05) is 24.6 Å². The van der Waals surface area contributed by atoms with Gasteiger partial charge in [-0.3, -0.25) is 0 Å². The Labute approximate surface area is 76.3 Å². The molecule has 1 nitrogen and oxygen atoms in total. The lowest BCUT2D eigenvalue weighted by atomic mass is 10.00. The molecule has 0 aliphatic heterocycles. The van der Waals surface area contributed by atoms with Gasteiger partial charge in [0, 0.05) is 5.70 Å². The van der Waals surface area contributed by atoms with E-state index in [2.05, 4.69) is 32.9 Å². The van der Waals surface area contributed by atoms with Crippen LogP contribution >= 0.6 is 0 Å². The molecule has 0 rings (SSSR count). The third-order valence-electron chi connectivity index (χ3n) is 1.85. The molecule has 0 fully saturated rings. The number of allylic oxidation sites excluding steroid dienone is 4. The molecule has 0 amide bonds. The average Bonchev–Trinajstić information content (AvgIpc) is 1.97. The molecule has 0 bridgehead atoms. The molecule has 0 radical (unpaired) electrons. The molecular weight excluding hydrogens is 146 g/mol. The third kappa shape index (κ3) is 6.02. The fraction of sp³-hybridized carbons (Fsp3) is 0.636. The van der Waals surface area contributed by atoms with E-state index in [4.69, 9.17) is 5.73 Å². The molecule has 1 atom stereocenters. The maximum absolute atomic E-state index is 5.62. The molecule has 0 heterocycles. The van der Waals surface area contributed by atoms with Crippen LogP contribution in [0.4, 0.5) is 0 Å². The van der Waals surface area contributed by atoms with Gasteiger partial charge in [-0.15, -0.1) is 0 Å². The van der Waals surface area contributed by atoms with Gasteiger partial charge in [-0.2, -0.15) is 0 Å². The average molecular weight is 167 g/mol. The highest BCUT2D eigenvalue weighted by molar-refractivity contribution is 5.01. The first-order valence-corrected chi connectivity index (χ1v) is 4.63. The molecule has 0 spiro atoms. The van der Waals surface area contributed by atoms with Crippen LogP contribution in [0.5, 0.6) is 0 Å². The molecule has 0 saturated carbocycles. The zero-order valence-electron chi connectivity index (χ0n) is 8.72. The van der Waals surface area contributed by atoms with Crippen LogP contribution in [0, 0.1) is 5.92 Å². The van der Waals surface area contributed by atoms with Crippen molar-refractivity contribution in [1.82, 2.24) is 0 Å². The summed E-state index contributed by atoms with van der Waals surface area (Å²) in [7, 11) is 0. The lowest BCUT2D eigenvalue weighted by Crippen LogP contribution is -1.98. The van der Waals surface area contributed by atoms with Crippen molar-refractivity contribution in [2.24, 2.45) is 11.7 Å². The van der Waals surface area contributed by atoms with Crippen molar-refractivity contribution in [3.8, 4) is 0 Å². The third-order valence-corrected chi connectivity index (χ3v) is 1.85. The monoisotopic (exact) mass is 167 g/mol. The first-order valence-electron chi connectivity index (χ1n) is 4.63. The van der Waals surface area contributed by atoms with Crippen LogP contribution in [0.2, 0.25) is 0 Å². The summed E-state index contributed by atoms with van der Waals surface area (Å²) in [5.74, 6) is 0.616. The molecule has 1 heteroatoms. The van der Waals surface area contributed by atoms with E-state index in [9.17, 15) is 0 Å². The van der Waals surface area contributed by atoms with E-state index in [1.807, 2.05) is 6.92 Å². The van der Waals surface area contributed by atoms with Crippen LogP contribution in [0.3, 0.4) is 0 Å². The number of nitrogens with two attached hydrogens (primary N) is 1. The van der Waals surface area contributed by atoms with Crippen LogP contribution in [0.25, 0.3) is 0 Å². The summed E-state index contributed by atoms with van der Waals surface area (Å²) in [6.07, 6.45) is 6.71. The Hall–Kier alpha value is -0.720. The Morgan fingerprint density at radius 2 is 1.92 bits per heavy atom. The fourth-order valence-corrected chi connectivity index (χ4v) is 1.11. The van der Waals surface area contributed by atoms with Crippen molar-refractivity contribution in [2.45, 2.75) is 40.5 Å². The Bertz CT molecular complexity index is 169. The van der Waals surface area contributed by atoms with Crippen molar-refractivity contribution in [3.63, 3.8) is 0 Å². The Balaban J connectivity index is 4.01. The maximum atomic E-state index is 5.62. The minimum absolute atomic E-state index is 0.616. The van der Waals surface area contributed by atoms with Gasteiger partial charge in [-0.25, -0.2) is 0 Å². The Morgan fingerprint density at radius 3 is 2.25 bits per heavy atom. The van der Waals surface area contributed by atoms with Gasteiger partial charge in [0.15, 0.2) is 0 Å². The van der Waals surface area contributed by atoms with Crippen molar-refractivity contribution in [1.29, 1.82) is 0 Å². The molecule has 0 aromatic carbocycles. The van der Waals surface area contributed by atoms with Crippen LogP contribution < -0.4 is 5.73 Å². The molecule has 0 saturated heterocycles. The Morgan fingerprint density at radius 1 is 1.33 bits per heavy atom. The van der Waals surface area contributed by atoms with Gasteiger partial charge in [-0.05, 0) is 39.5 Å². The topological polar surface area (TPSA) is 26.0 Å². The van der Waals surface area contributed by atoms with E-state index >= 15 is 0 Å². The lowest BCUT2D eigenvalue weighted by molar-refractivity contribution is 0.631. The molecule has 0 aromatic heterocycles. The molecule has 1 unspecified atom stereocenters. The highest BCUT2D eigenvalue weighted by Crippen LogP contribution is 2.12. The minimum Gasteiger partial charge on any atom is -0.403 e. The van der Waals surface area contributed by atoms with Crippen LogP contribution in [-0.2, 0) is 0 Å². The van der Waals surface area contributed by atoms with Crippen molar-refractivity contribution < 1.29 is 0 Å². The van der Waals surface area contributed by atoms with Crippen molar-refractivity contribution in [3.05, 3.63) is 23.4 Å². The second-order valence-corrected chi connectivity index (χ2v) is 3.60. The molecular formula is C11H21N. The Kier molecular flexibility index (Phi) is 5.52. The smallest absolute Gasteiger partial charge is 0.00113 e. The number of hydrogen-bond acceptors (Lipinski definition) is 1. The molecule has 0 aromatic rings. The second kappa shape index (κ2) is 5.87. The predicted molar refractivity (Wildman–Crippen MR) is 55.8 cm³/mol. The van der Waals surface area contributed by atoms with E-state index in [-0.39, 0.29) is 0 Å². The highest BCUT2D eigenvalue weighted by Gasteiger charge is 1.99. The molecule has 70 valence electrons. The minimum atomic E-state index is 0.616. The van der Waals surface area contributed by atoms with E-state index in [0.717, 1.165) is 12.1 Å². The summed E-state index contributed by atoms with van der Waals surface area (Å²) in [6.45, 7) is 8.41.